The highest BCUT2D eigenvalue weighted by Gasteiger charge is 2.51. The molecule has 4 aliphatic rings. The van der Waals surface area contributed by atoms with Gasteiger partial charge in [0.05, 0.1) is 43.0 Å². The molecule has 3 fully saturated rings. The largest absolute Gasteiger partial charge is 0.481 e. The first-order chi connectivity index (χ1) is 21.8. The molecule has 0 bridgehead atoms. The zero-order chi connectivity index (χ0) is 33.6. The van der Waals surface area contributed by atoms with Crippen LogP contribution in [0.3, 0.4) is 0 Å². The van der Waals surface area contributed by atoms with Crippen LogP contribution in [0.2, 0.25) is 0 Å². The fraction of sp³-hybridized carbons (Fsp3) is 0.892. The Kier molecular flexibility index (Phi) is 13.3. The van der Waals surface area contributed by atoms with Gasteiger partial charge in [0.25, 0.3) is 0 Å². The number of carboxylic acids is 1. The Hall–Kier alpha value is -1.36. The van der Waals surface area contributed by atoms with Gasteiger partial charge in [0.2, 0.25) is 0 Å². The molecular weight excluding hydrogens is 588 g/mol. The Morgan fingerprint density at radius 1 is 0.935 bits per heavy atom. The Bertz CT molecular complexity index is 1020. The summed E-state index contributed by atoms with van der Waals surface area (Å²) in [6.45, 7) is 12.6. The average molecular weight is 651 g/mol. The van der Waals surface area contributed by atoms with Crippen molar-refractivity contribution >= 4 is 11.8 Å². The highest BCUT2D eigenvalue weighted by Crippen LogP contribution is 2.46. The first-order valence-corrected chi connectivity index (χ1v) is 18.3. The van der Waals surface area contributed by atoms with Crippen LogP contribution in [-0.4, -0.2) is 75.8 Å². The van der Waals surface area contributed by atoms with Gasteiger partial charge >= 0.3 is 5.97 Å². The number of carbonyl (C=O) groups excluding carboxylic acids is 1. The molecule has 9 nitrogen and oxygen atoms in total. The molecule has 0 aromatic heterocycles. The number of rotatable bonds is 15. The fourth-order valence-corrected chi connectivity index (χ4v) is 8.60. The SMILES string of the molecule is CCC(C(=O)O)C1CCCC([C@@H](C)CC(C)C(=O)[C@H](CC)C[C@@H](C)C[C@@H](C)C2(O)C=CCC3(CCC([C@H]4CCC(O)CO4)O3)O2)O1. The van der Waals surface area contributed by atoms with E-state index in [1.165, 1.54) is 0 Å². The lowest BCUT2D eigenvalue weighted by atomic mass is 9.78. The van der Waals surface area contributed by atoms with Gasteiger partial charge in [-0.05, 0) is 88.5 Å². The molecule has 264 valence electrons. The molecule has 0 aliphatic carbocycles. The van der Waals surface area contributed by atoms with Gasteiger partial charge in [-0.25, -0.2) is 0 Å². The highest BCUT2D eigenvalue weighted by atomic mass is 16.8. The summed E-state index contributed by atoms with van der Waals surface area (Å²) in [4.78, 5) is 25.4. The van der Waals surface area contributed by atoms with Gasteiger partial charge in [-0.2, -0.15) is 0 Å². The number of carbonyl (C=O) groups is 2. The number of Topliss-reactive ketones (excluding diaryl/α,β-unsaturated/α-hetero) is 1. The predicted molar refractivity (Wildman–Crippen MR) is 175 cm³/mol. The smallest absolute Gasteiger partial charge is 0.309 e. The lowest BCUT2D eigenvalue weighted by Crippen LogP contribution is -2.51. The second-order valence-electron chi connectivity index (χ2n) is 15.3. The minimum Gasteiger partial charge on any atom is -0.481 e. The summed E-state index contributed by atoms with van der Waals surface area (Å²) in [6, 6.07) is 0. The minimum absolute atomic E-state index is 0.0166. The van der Waals surface area contributed by atoms with Gasteiger partial charge in [-0.1, -0.05) is 47.6 Å². The molecular formula is C37H62O9. The fourth-order valence-electron chi connectivity index (χ4n) is 8.60. The van der Waals surface area contributed by atoms with Gasteiger partial charge in [0.1, 0.15) is 5.78 Å². The summed E-state index contributed by atoms with van der Waals surface area (Å²) in [7, 11) is 0. The standard InChI is InChI=1S/C37H62O9/c1-7-27(34(39)25(5)21-24(4)30-11-9-12-31(44-30)29(8-2)35(40)41)20-23(3)19-26(6)37(42)17-10-16-36(46-37)18-15-33(45-36)32-14-13-28(38)22-43-32/h10,17,23-33,38,42H,7-9,11-16,18-22H2,1-6H3,(H,40,41)/t23-,24-,25?,26+,27+,28?,29?,30?,31?,32+,33?,36?,37?/m0/s1. The van der Waals surface area contributed by atoms with Crippen molar-refractivity contribution in [3.05, 3.63) is 12.2 Å². The molecule has 4 aliphatic heterocycles. The molecule has 0 radical (unpaired) electrons. The lowest BCUT2D eigenvalue weighted by Gasteiger charge is -2.44. The van der Waals surface area contributed by atoms with Crippen LogP contribution in [-0.2, 0) is 28.5 Å². The van der Waals surface area contributed by atoms with Crippen LogP contribution >= 0.6 is 0 Å². The van der Waals surface area contributed by atoms with Crippen LogP contribution in [0, 0.1) is 35.5 Å². The molecule has 3 N–H and O–H groups in total. The number of aliphatic carboxylic acids is 1. The van der Waals surface area contributed by atoms with E-state index in [1.54, 1.807) is 6.08 Å². The molecule has 0 saturated carbocycles. The summed E-state index contributed by atoms with van der Waals surface area (Å²) in [5.41, 5.74) is 0. The van der Waals surface area contributed by atoms with E-state index in [2.05, 4.69) is 20.8 Å². The number of carboxylic acid groups (broad SMARTS) is 1. The van der Waals surface area contributed by atoms with Crippen LogP contribution in [0.4, 0.5) is 0 Å². The summed E-state index contributed by atoms with van der Waals surface area (Å²) in [5, 5.41) is 31.1. The van der Waals surface area contributed by atoms with Crippen LogP contribution in [0.25, 0.3) is 0 Å². The van der Waals surface area contributed by atoms with Crippen molar-refractivity contribution < 1.29 is 43.9 Å². The Labute approximate surface area is 276 Å². The third-order valence-corrected chi connectivity index (χ3v) is 11.4. The first kappa shape index (κ1) is 37.5. The molecule has 46 heavy (non-hydrogen) atoms. The van der Waals surface area contributed by atoms with Gasteiger partial charge in [0.15, 0.2) is 11.6 Å². The molecule has 0 amide bonds. The van der Waals surface area contributed by atoms with E-state index in [0.29, 0.717) is 38.7 Å². The predicted octanol–water partition coefficient (Wildman–Crippen LogP) is 6.43. The van der Waals surface area contributed by atoms with Crippen LogP contribution < -0.4 is 0 Å². The minimum atomic E-state index is -1.45. The van der Waals surface area contributed by atoms with E-state index >= 15 is 0 Å². The number of hydrogen-bond donors (Lipinski definition) is 3. The molecule has 9 heteroatoms. The monoisotopic (exact) mass is 650 g/mol. The van der Waals surface area contributed by atoms with Crippen LogP contribution in [0.1, 0.15) is 125 Å². The van der Waals surface area contributed by atoms with Gasteiger partial charge in [-0.3, -0.25) is 9.59 Å². The van der Waals surface area contributed by atoms with Crippen LogP contribution in [0.15, 0.2) is 12.2 Å². The molecule has 3 saturated heterocycles. The maximum atomic E-state index is 13.7. The summed E-state index contributed by atoms with van der Waals surface area (Å²) in [6.07, 6.45) is 12.6. The second-order valence-corrected chi connectivity index (χ2v) is 15.3. The number of aliphatic hydroxyl groups is 2. The highest BCUT2D eigenvalue weighted by molar-refractivity contribution is 5.83. The van der Waals surface area contributed by atoms with E-state index in [9.17, 15) is 24.9 Å². The van der Waals surface area contributed by atoms with E-state index in [4.69, 9.17) is 18.9 Å². The van der Waals surface area contributed by atoms with Crippen LogP contribution in [0.5, 0.6) is 0 Å². The topological polar surface area (TPSA) is 132 Å². The third kappa shape index (κ3) is 9.20. The molecule has 1 spiro atoms. The molecule has 13 atom stereocenters. The average Bonchev–Trinajstić information content (AvgIpc) is 3.42. The first-order valence-electron chi connectivity index (χ1n) is 18.3. The zero-order valence-corrected chi connectivity index (χ0v) is 29.2. The van der Waals surface area contributed by atoms with Crippen molar-refractivity contribution in [2.24, 2.45) is 35.5 Å². The molecule has 8 unspecified atom stereocenters. The van der Waals surface area contributed by atoms with Crippen molar-refractivity contribution in [3.8, 4) is 0 Å². The van der Waals surface area contributed by atoms with Gasteiger partial charge in [-0.15, -0.1) is 0 Å². The quantitative estimate of drug-likeness (QED) is 0.172. The molecule has 0 aromatic rings. The Morgan fingerprint density at radius 3 is 2.33 bits per heavy atom. The normalized spacial score (nSPS) is 37.3. The van der Waals surface area contributed by atoms with Gasteiger partial charge < -0.3 is 34.3 Å². The Balaban J connectivity index is 1.27. The van der Waals surface area contributed by atoms with Crippen molar-refractivity contribution in [3.63, 3.8) is 0 Å². The van der Waals surface area contributed by atoms with Crippen molar-refractivity contribution in [1.82, 2.24) is 0 Å². The summed E-state index contributed by atoms with van der Waals surface area (Å²) >= 11 is 0. The van der Waals surface area contributed by atoms with E-state index in [1.807, 2.05) is 26.8 Å². The maximum absolute atomic E-state index is 13.7. The van der Waals surface area contributed by atoms with E-state index in [0.717, 1.165) is 51.4 Å². The van der Waals surface area contributed by atoms with Crippen molar-refractivity contribution in [1.29, 1.82) is 0 Å². The van der Waals surface area contributed by atoms with Crippen molar-refractivity contribution in [2.45, 2.75) is 167 Å². The number of aliphatic hydroxyl groups excluding tert-OH is 1. The maximum Gasteiger partial charge on any atom is 0.309 e. The number of ether oxygens (including phenoxy) is 4. The molecule has 0 aromatic carbocycles. The third-order valence-electron chi connectivity index (χ3n) is 11.4. The second kappa shape index (κ2) is 16.4. The lowest BCUT2D eigenvalue weighted by molar-refractivity contribution is -0.347. The zero-order valence-electron chi connectivity index (χ0n) is 29.2. The van der Waals surface area contributed by atoms with E-state index in [-0.39, 0.29) is 59.8 Å². The van der Waals surface area contributed by atoms with Crippen molar-refractivity contribution in [2.75, 3.05) is 6.61 Å². The van der Waals surface area contributed by atoms with Gasteiger partial charge in [0, 0.05) is 30.6 Å². The molecule has 4 rings (SSSR count). The number of ketones is 1. The number of hydrogen-bond acceptors (Lipinski definition) is 8. The van der Waals surface area contributed by atoms with E-state index < -0.39 is 29.6 Å². The summed E-state index contributed by atoms with van der Waals surface area (Å²) in [5.74, 6) is -3.28. The Morgan fingerprint density at radius 2 is 1.67 bits per heavy atom. The molecule has 4 heterocycles. The summed E-state index contributed by atoms with van der Waals surface area (Å²) < 4.78 is 25.0.